The Hall–Kier alpha value is -2.53. The second-order valence-electron chi connectivity index (χ2n) is 6.42. The average molecular weight is 373 g/mol. The van der Waals surface area contributed by atoms with Crippen LogP contribution in [-0.2, 0) is 11.2 Å². The lowest BCUT2D eigenvalue weighted by molar-refractivity contribution is -0.127. The second-order valence-corrected chi connectivity index (χ2v) is 6.85. The third-order valence-corrected chi connectivity index (χ3v) is 4.73. The number of carbonyl (C=O) groups is 2. The summed E-state index contributed by atoms with van der Waals surface area (Å²) >= 11 is 5.87. The van der Waals surface area contributed by atoms with Crippen molar-refractivity contribution in [3.05, 3.63) is 63.7 Å². The molecule has 0 saturated carbocycles. The first-order chi connectivity index (χ1) is 12.4. The highest BCUT2D eigenvalue weighted by Gasteiger charge is 2.27. The Balaban J connectivity index is 1.63. The van der Waals surface area contributed by atoms with Crippen molar-refractivity contribution in [3.8, 4) is 5.75 Å². The highest BCUT2D eigenvalue weighted by atomic mass is 35.5. The summed E-state index contributed by atoms with van der Waals surface area (Å²) in [6.45, 7) is 4.50. The number of halogens is 1. The van der Waals surface area contributed by atoms with Gasteiger partial charge in [-0.25, -0.2) is 0 Å². The van der Waals surface area contributed by atoms with Gasteiger partial charge in [0.25, 0.3) is 11.8 Å². The van der Waals surface area contributed by atoms with Gasteiger partial charge in [0.15, 0.2) is 6.10 Å². The van der Waals surface area contributed by atoms with Gasteiger partial charge in [-0.05, 0) is 61.2 Å². The van der Waals surface area contributed by atoms with Crippen molar-refractivity contribution >= 4 is 23.4 Å². The highest BCUT2D eigenvalue weighted by molar-refractivity contribution is 6.30. The largest absolute Gasteiger partial charge is 0.478 e. The van der Waals surface area contributed by atoms with E-state index in [-0.39, 0.29) is 18.4 Å². The summed E-state index contributed by atoms with van der Waals surface area (Å²) in [5.74, 6) is -0.0224. The monoisotopic (exact) mass is 372 g/mol. The Kier molecular flexibility index (Phi) is 5.47. The molecule has 0 aromatic heterocycles. The van der Waals surface area contributed by atoms with Crippen LogP contribution in [0.15, 0.2) is 36.4 Å². The van der Waals surface area contributed by atoms with E-state index in [1.165, 1.54) is 0 Å². The minimum Gasteiger partial charge on any atom is -0.478 e. The van der Waals surface area contributed by atoms with Gasteiger partial charge in [0, 0.05) is 11.6 Å². The quantitative estimate of drug-likeness (QED) is 0.867. The number of aryl methyl sites for hydroxylation is 2. The van der Waals surface area contributed by atoms with Gasteiger partial charge in [-0.15, -0.1) is 0 Å². The van der Waals surface area contributed by atoms with E-state index >= 15 is 0 Å². The Labute approximate surface area is 157 Å². The van der Waals surface area contributed by atoms with E-state index in [2.05, 4.69) is 10.6 Å². The van der Waals surface area contributed by atoms with Crippen LogP contribution >= 0.6 is 11.6 Å². The number of fused-ring (bicyclic) bond motifs is 1. The molecule has 0 saturated heterocycles. The SMILES string of the molecule is Cc1cc2c(cc1C)C(=O)NCC(C(=O)NCCc1ccc(Cl)cc1)O2. The first kappa shape index (κ1) is 18.3. The molecule has 3 rings (SSSR count). The van der Waals surface area contributed by atoms with Crippen LogP contribution in [0, 0.1) is 13.8 Å². The number of ether oxygens (including phenoxy) is 1. The number of benzene rings is 2. The first-order valence-electron chi connectivity index (χ1n) is 8.52. The van der Waals surface area contributed by atoms with Crippen molar-refractivity contribution in [1.82, 2.24) is 10.6 Å². The molecule has 5 nitrogen and oxygen atoms in total. The fourth-order valence-electron chi connectivity index (χ4n) is 2.78. The summed E-state index contributed by atoms with van der Waals surface area (Å²) < 4.78 is 5.83. The molecule has 1 heterocycles. The summed E-state index contributed by atoms with van der Waals surface area (Å²) in [5, 5.41) is 6.30. The van der Waals surface area contributed by atoms with E-state index in [1.807, 2.05) is 44.2 Å². The third kappa shape index (κ3) is 4.17. The maximum atomic E-state index is 12.5. The van der Waals surface area contributed by atoms with E-state index in [4.69, 9.17) is 16.3 Å². The van der Waals surface area contributed by atoms with Gasteiger partial charge in [-0.1, -0.05) is 23.7 Å². The van der Waals surface area contributed by atoms with Crippen molar-refractivity contribution in [3.63, 3.8) is 0 Å². The predicted molar refractivity (Wildman–Crippen MR) is 101 cm³/mol. The molecule has 0 aliphatic carbocycles. The zero-order valence-corrected chi connectivity index (χ0v) is 15.5. The molecule has 2 amide bonds. The lowest BCUT2D eigenvalue weighted by Crippen LogP contribution is -2.44. The number of amides is 2. The van der Waals surface area contributed by atoms with Gasteiger partial charge in [-0.2, -0.15) is 0 Å². The molecule has 1 aliphatic rings. The summed E-state index contributed by atoms with van der Waals surface area (Å²) in [6, 6.07) is 11.1. The van der Waals surface area contributed by atoms with Crippen molar-refractivity contribution in [2.75, 3.05) is 13.1 Å². The fraction of sp³-hybridized carbons (Fsp3) is 0.300. The first-order valence-corrected chi connectivity index (χ1v) is 8.90. The van der Waals surface area contributed by atoms with E-state index in [9.17, 15) is 9.59 Å². The van der Waals surface area contributed by atoms with Gasteiger partial charge >= 0.3 is 0 Å². The van der Waals surface area contributed by atoms with Gasteiger partial charge in [0.1, 0.15) is 5.75 Å². The van der Waals surface area contributed by atoms with Crippen LogP contribution in [0.4, 0.5) is 0 Å². The van der Waals surface area contributed by atoms with E-state index in [1.54, 1.807) is 6.07 Å². The summed E-state index contributed by atoms with van der Waals surface area (Å²) in [7, 11) is 0. The van der Waals surface area contributed by atoms with Gasteiger partial charge in [-0.3, -0.25) is 9.59 Å². The molecule has 0 bridgehead atoms. The second kappa shape index (κ2) is 7.79. The molecular weight excluding hydrogens is 352 g/mol. The van der Waals surface area contributed by atoms with Gasteiger partial charge in [0.2, 0.25) is 0 Å². The zero-order chi connectivity index (χ0) is 18.7. The normalized spacial score (nSPS) is 16.1. The zero-order valence-electron chi connectivity index (χ0n) is 14.8. The lowest BCUT2D eigenvalue weighted by atomic mass is 10.0. The van der Waals surface area contributed by atoms with Crippen LogP contribution in [0.5, 0.6) is 5.75 Å². The molecule has 2 N–H and O–H groups in total. The Morgan fingerprint density at radius 3 is 2.65 bits per heavy atom. The Morgan fingerprint density at radius 2 is 1.92 bits per heavy atom. The summed E-state index contributed by atoms with van der Waals surface area (Å²) in [6.07, 6.45) is -0.0656. The fourth-order valence-corrected chi connectivity index (χ4v) is 2.91. The standard InChI is InChI=1S/C20H21ClN2O3/c1-12-9-16-17(10-13(12)2)26-18(11-23-19(16)24)20(25)22-8-7-14-3-5-15(21)6-4-14/h3-6,9-10,18H,7-8,11H2,1-2H3,(H,22,25)(H,23,24). The maximum Gasteiger partial charge on any atom is 0.262 e. The van der Waals surface area contributed by atoms with Crippen LogP contribution in [-0.4, -0.2) is 31.0 Å². The van der Waals surface area contributed by atoms with Crippen LogP contribution in [0.2, 0.25) is 5.02 Å². The molecule has 26 heavy (non-hydrogen) atoms. The molecule has 2 aromatic rings. The topological polar surface area (TPSA) is 67.4 Å². The molecular formula is C20H21ClN2O3. The Bertz CT molecular complexity index is 834. The van der Waals surface area contributed by atoms with Crippen molar-refractivity contribution in [2.24, 2.45) is 0 Å². The van der Waals surface area contributed by atoms with Gasteiger partial charge < -0.3 is 15.4 Å². The van der Waals surface area contributed by atoms with Crippen LogP contribution < -0.4 is 15.4 Å². The van der Waals surface area contributed by atoms with Crippen molar-refractivity contribution in [1.29, 1.82) is 0 Å². The predicted octanol–water partition coefficient (Wildman–Crippen LogP) is 2.81. The van der Waals surface area contributed by atoms with E-state index < -0.39 is 6.10 Å². The molecule has 1 atom stereocenters. The molecule has 136 valence electrons. The summed E-state index contributed by atoms with van der Waals surface area (Å²) in [5.41, 5.74) is 3.57. The molecule has 0 radical (unpaired) electrons. The van der Waals surface area contributed by atoms with Crippen molar-refractivity contribution in [2.45, 2.75) is 26.4 Å². The van der Waals surface area contributed by atoms with Crippen LogP contribution in [0.1, 0.15) is 27.0 Å². The number of hydrogen-bond acceptors (Lipinski definition) is 3. The van der Waals surface area contributed by atoms with Gasteiger partial charge in [0.05, 0.1) is 12.1 Å². The molecule has 6 heteroatoms. The number of carbonyl (C=O) groups excluding carboxylic acids is 2. The molecule has 1 unspecified atom stereocenters. The summed E-state index contributed by atoms with van der Waals surface area (Å²) in [4.78, 5) is 24.7. The minimum absolute atomic E-state index is 0.137. The number of rotatable bonds is 4. The minimum atomic E-state index is -0.757. The number of nitrogens with one attached hydrogen (secondary N) is 2. The molecule has 2 aromatic carbocycles. The smallest absolute Gasteiger partial charge is 0.262 e. The molecule has 0 fully saturated rings. The highest BCUT2D eigenvalue weighted by Crippen LogP contribution is 2.26. The Morgan fingerprint density at radius 1 is 1.23 bits per heavy atom. The van der Waals surface area contributed by atoms with E-state index in [0.29, 0.717) is 29.3 Å². The molecule has 1 aliphatic heterocycles. The maximum absolute atomic E-state index is 12.5. The lowest BCUT2D eigenvalue weighted by Gasteiger charge is -2.17. The molecule has 0 spiro atoms. The average Bonchev–Trinajstić information content (AvgIpc) is 2.77. The van der Waals surface area contributed by atoms with E-state index in [0.717, 1.165) is 16.7 Å². The van der Waals surface area contributed by atoms with Crippen molar-refractivity contribution < 1.29 is 14.3 Å². The number of hydrogen-bond donors (Lipinski definition) is 2. The van der Waals surface area contributed by atoms with Crippen LogP contribution in [0.3, 0.4) is 0 Å². The third-order valence-electron chi connectivity index (χ3n) is 4.48. The van der Waals surface area contributed by atoms with Crippen LogP contribution in [0.25, 0.3) is 0 Å².